The number of pyridine rings is 2. The maximum absolute atomic E-state index is 4.85. The van der Waals surface area contributed by atoms with E-state index in [0.29, 0.717) is 0 Å². The Bertz CT molecular complexity index is 2190. The summed E-state index contributed by atoms with van der Waals surface area (Å²) in [6.45, 7) is 0. The molecule has 0 aliphatic rings. The van der Waals surface area contributed by atoms with E-state index in [0.717, 1.165) is 44.7 Å². The third-order valence-corrected chi connectivity index (χ3v) is 7.87. The lowest BCUT2D eigenvalue weighted by molar-refractivity contribution is 1.18. The van der Waals surface area contributed by atoms with E-state index in [4.69, 9.17) is 9.97 Å². The monoisotopic (exact) mass is 523 g/mol. The maximum Gasteiger partial charge on any atom is 0.0709 e. The first kappa shape index (κ1) is 23.4. The molecule has 3 heteroatoms. The van der Waals surface area contributed by atoms with Crippen molar-refractivity contribution in [3.05, 3.63) is 152 Å². The Morgan fingerprint density at radius 3 is 1.98 bits per heavy atom. The molecule has 0 aliphatic heterocycles. The SMILES string of the molecule is c1ccc(-c2ccc(-c3ccc4c5ccccc5n(-c5cccc(-c6cc7ccccc7cn6)c5)c4c3)nc2)cc1. The fourth-order valence-corrected chi connectivity index (χ4v) is 5.82. The van der Waals surface area contributed by atoms with Crippen LogP contribution in [0.1, 0.15) is 0 Å². The molecule has 8 rings (SSSR count). The Labute approximate surface area is 238 Å². The van der Waals surface area contributed by atoms with Crippen LogP contribution in [0.25, 0.3) is 71.9 Å². The molecule has 3 nitrogen and oxygen atoms in total. The standard InChI is InChI=1S/C38H25N3/c1-2-9-26(10-3-1)31-18-20-35(39-25-31)29-17-19-34-33-15-6-7-16-37(33)41(38(34)23-29)32-14-8-13-28(21-32)36-22-27-11-4-5-12-30(27)24-40-36/h1-25H. The molecule has 0 fully saturated rings. The van der Waals surface area contributed by atoms with Gasteiger partial charge in [-0.1, -0.05) is 103 Å². The first-order chi connectivity index (χ1) is 20.3. The number of hydrogen-bond acceptors (Lipinski definition) is 2. The molecular formula is C38H25N3. The minimum absolute atomic E-state index is 0.956. The molecular weight excluding hydrogens is 498 g/mol. The van der Waals surface area contributed by atoms with E-state index in [-0.39, 0.29) is 0 Å². The minimum Gasteiger partial charge on any atom is -0.309 e. The van der Waals surface area contributed by atoms with Crippen LogP contribution in [0, 0.1) is 0 Å². The second-order valence-electron chi connectivity index (χ2n) is 10.3. The van der Waals surface area contributed by atoms with Crippen LogP contribution in [0.15, 0.2) is 152 Å². The second-order valence-corrected chi connectivity index (χ2v) is 10.3. The van der Waals surface area contributed by atoms with Crippen LogP contribution in [-0.4, -0.2) is 14.5 Å². The molecule has 0 N–H and O–H groups in total. The Balaban J connectivity index is 1.27. The molecule has 192 valence electrons. The van der Waals surface area contributed by atoms with Gasteiger partial charge in [0.1, 0.15) is 0 Å². The van der Waals surface area contributed by atoms with Gasteiger partial charge in [0.25, 0.3) is 0 Å². The molecule has 0 radical (unpaired) electrons. The number of rotatable bonds is 4. The van der Waals surface area contributed by atoms with Crippen molar-refractivity contribution in [2.45, 2.75) is 0 Å². The highest BCUT2D eigenvalue weighted by atomic mass is 15.0. The van der Waals surface area contributed by atoms with Gasteiger partial charge < -0.3 is 4.57 Å². The topological polar surface area (TPSA) is 30.7 Å². The first-order valence-corrected chi connectivity index (χ1v) is 13.8. The van der Waals surface area contributed by atoms with Crippen LogP contribution in [0.4, 0.5) is 0 Å². The summed E-state index contributed by atoms with van der Waals surface area (Å²) in [5, 5.41) is 4.79. The van der Waals surface area contributed by atoms with E-state index in [9.17, 15) is 0 Å². The van der Waals surface area contributed by atoms with Gasteiger partial charge in [-0.15, -0.1) is 0 Å². The highest BCUT2D eigenvalue weighted by molar-refractivity contribution is 6.10. The zero-order valence-electron chi connectivity index (χ0n) is 22.3. The molecule has 0 atom stereocenters. The van der Waals surface area contributed by atoms with E-state index >= 15 is 0 Å². The van der Waals surface area contributed by atoms with Crippen LogP contribution < -0.4 is 0 Å². The predicted octanol–water partition coefficient (Wildman–Crippen LogP) is 9.73. The third kappa shape index (κ3) is 4.07. The van der Waals surface area contributed by atoms with E-state index in [1.54, 1.807) is 0 Å². The van der Waals surface area contributed by atoms with Gasteiger partial charge in [0.2, 0.25) is 0 Å². The van der Waals surface area contributed by atoms with Crippen LogP contribution in [-0.2, 0) is 0 Å². The number of fused-ring (bicyclic) bond motifs is 4. The zero-order chi connectivity index (χ0) is 27.2. The Kier molecular flexibility index (Phi) is 5.46. The minimum atomic E-state index is 0.956. The molecule has 0 saturated carbocycles. The highest BCUT2D eigenvalue weighted by Crippen LogP contribution is 2.35. The summed E-state index contributed by atoms with van der Waals surface area (Å²) in [6, 6.07) is 49.1. The van der Waals surface area contributed by atoms with Crippen molar-refractivity contribution in [1.82, 2.24) is 14.5 Å². The van der Waals surface area contributed by atoms with Crippen molar-refractivity contribution >= 4 is 32.6 Å². The van der Waals surface area contributed by atoms with Crippen LogP contribution in [0.3, 0.4) is 0 Å². The molecule has 3 heterocycles. The number of benzene rings is 5. The summed E-state index contributed by atoms with van der Waals surface area (Å²) >= 11 is 0. The first-order valence-electron chi connectivity index (χ1n) is 13.8. The van der Waals surface area contributed by atoms with Gasteiger partial charge in [0, 0.05) is 50.9 Å². The largest absolute Gasteiger partial charge is 0.309 e. The number of aromatic nitrogens is 3. The molecule has 41 heavy (non-hydrogen) atoms. The molecule has 0 saturated heterocycles. The fraction of sp³-hybridized carbons (Fsp3) is 0. The molecule has 0 spiro atoms. The Hall–Kier alpha value is -5.54. The Morgan fingerprint density at radius 1 is 0.390 bits per heavy atom. The zero-order valence-corrected chi connectivity index (χ0v) is 22.3. The van der Waals surface area contributed by atoms with Crippen molar-refractivity contribution in [2.24, 2.45) is 0 Å². The molecule has 3 aromatic heterocycles. The highest BCUT2D eigenvalue weighted by Gasteiger charge is 2.14. The van der Waals surface area contributed by atoms with Crippen LogP contribution in [0.5, 0.6) is 0 Å². The van der Waals surface area contributed by atoms with Crippen LogP contribution >= 0.6 is 0 Å². The third-order valence-electron chi connectivity index (χ3n) is 7.87. The average Bonchev–Trinajstić information content (AvgIpc) is 3.39. The van der Waals surface area contributed by atoms with E-state index < -0.39 is 0 Å². The molecule has 5 aromatic carbocycles. The van der Waals surface area contributed by atoms with Gasteiger partial charge in [-0.3, -0.25) is 9.97 Å². The van der Waals surface area contributed by atoms with Crippen molar-refractivity contribution in [3.8, 4) is 39.3 Å². The lowest BCUT2D eigenvalue weighted by Gasteiger charge is -2.11. The summed E-state index contributed by atoms with van der Waals surface area (Å²) in [4.78, 5) is 9.64. The second kappa shape index (κ2) is 9.58. The van der Waals surface area contributed by atoms with Crippen molar-refractivity contribution in [3.63, 3.8) is 0 Å². The average molecular weight is 524 g/mol. The van der Waals surface area contributed by atoms with Crippen molar-refractivity contribution in [2.75, 3.05) is 0 Å². The summed E-state index contributed by atoms with van der Waals surface area (Å²) in [5.41, 5.74) is 9.82. The van der Waals surface area contributed by atoms with Gasteiger partial charge in [-0.05, 0) is 47.3 Å². The van der Waals surface area contributed by atoms with Crippen molar-refractivity contribution < 1.29 is 0 Å². The lowest BCUT2D eigenvalue weighted by atomic mass is 10.0. The maximum atomic E-state index is 4.85. The quantitative estimate of drug-likeness (QED) is 0.230. The number of nitrogens with zero attached hydrogens (tertiary/aromatic N) is 3. The van der Waals surface area contributed by atoms with Gasteiger partial charge >= 0.3 is 0 Å². The summed E-state index contributed by atoms with van der Waals surface area (Å²) < 4.78 is 2.36. The van der Waals surface area contributed by atoms with Crippen LogP contribution in [0.2, 0.25) is 0 Å². The molecule has 0 unspecified atom stereocenters. The normalized spacial score (nSPS) is 11.4. The lowest BCUT2D eigenvalue weighted by Crippen LogP contribution is -1.95. The van der Waals surface area contributed by atoms with Gasteiger partial charge in [0.05, 0.1) is 22.4 Å². The van der Waals surface area contributed by atoms with E-state index in [1.165, 1.54) is 27.2 Å². The smallest absolute Gasteiger partial charge is 0.0709 e. The molecule has 8 aromatic rings. The molecule has 0 bridgehead atoms. The van der Waals surface area contributed by atoms with Gasteiger partial charge in [0.15, 0.2) is 0 Å². The number of para-hydroxylation sites is 1. The van der Waals surface area contributed by atoms with E-state index in [2.05, 4.69) is 132 Å². The predicted molar refractivity (Wildman–Crippen MR) is 170 cm³/mol. The summed E-state index contributed by atoms with van der Waals surface area (Å²) in [5.74, 6) is 0. The van der Waals surface area contributed by atoms with Gasteiger partial charge in [-0.25, -0.2) is 0 Å². The summed E-state index contributed by atoms with van der Waals surface area (Å²) in [6.07, 6.45) is 3.92. The van der Waals surface area contributed by atoms with E-state index in [1.807, 2.05) is 24.5 Å². The van der Waals surface area contributed by atoms with Gasteiger partial charge in [-0.2, -0.15) is 0 Å². The number of hydrogen-bond donors (Lipinski definition) is 0. The van der Waals surface area contributed by atoms with Crippen molar-refractivity contribution in [1.29, 1.82) is 0 Å². The Morgan fingerprint density at radius 2 is 1.10 bits per heavy atom. The summed E-state index contributed by atoms with van der Waals surface area (Å²) in [7, 11) is 0. The fourth-order valence-electron chi connectivity index (χ4n) is 5.82. The molecule has 0 aliphatic carbocycles. The molecule has 0 amide bonds.